The van der Waals surface area contributed by atoms with E-state index in [9.17, 15) is 18.0 Å². The first-order valence-corrected chi connectivity index (χ1v) is 17.6. The van der Waals surface area contributed by atoms with Crippen molar-refractivity contribution in [3.63, 3.8) is 0 Å². The zero-order valence-electron chi connectivity index (χ0n) is 26.9. The van der Waals surface area contributed by atoms with Crippen LogP contribution in [-0.4, -0.2) is 61.0 Å². The highest BCUT2D eigenvalue weighted by molar-refractivity contribution is 7.89. The number of unbranched alkanes of at least 4 members (excludes halogenated alkanes) is 2. The maximum atomic E-state index is 13.9. The fourth-order valence-electron chi connectivity index (χ4n) is 5.41. The number of amides is 2. The summed E-state index contributed by atoms with van der Waals surface area (Å²) in [5.41, 5.74) is 2.38. The lowest BCUT2D eigenvalue weighted by atomic mass is 10.1. The Morgan fingerprint density at radius 3 is 2.48 bits per heavy atom. The minimum Gasteiger partial charge on any atom is -0.487 e. The summed E-state index contributed by atoms with van der Waals surface area (Å²) in [7, 11) is -4.13. The third kappa shape index (κ3) is 8.82. The van der Waals surface area contributed by atoms with E-state index in [0.717, 1.165) is 29.5 Å². The van der Waals surface area contributed by atoms with Gasteiger partial charge < -0.3 is 20.1 Å². The number of ether oxygens (including phenoxy) is 2. The largest absolute Gasteiger partial charge is 0.487 e. The first-order valence-electron chi connectivity index (χ1n) is 15.4. The minimum atomic E-state index is -4.13. The molecule has 2 N–H and O–H groups in total. The number of aromatic nitrogens is 1. The van der Waals surface area contributed by atoms with Crippen LogP contribution in [0.2, 0.25) is 10.0 Å². The maximum absolute atomic E-state index is 13.9. The predicted octanol–water partition coefficient (Wildman–Crippen LogP) is 6.70. The molecule has 2 heterocycles. The summed E-state index contributed by atoms with van der Waals surface area (Å²) in [6.07, 6.45) is 2.65. The average Bonchev–Trinajstić information content (AvgIpc) is 3.47. The molecule has 1 atom stereocenters. The summed E-state index contributed by atoms with van der Waals surface area (Å²) >= 11 is 13.2. The van der Waals surface area contributed by atoms with Crippen LogP contribution in [0.4, 0.5) is 4.79 Å². The van der Waals surface area contributed by atoms with Gasteiger partial charge in [0.05, 0.1) is 5.02 Å². The molecule has 1 aliphatic heterocycles. The van der Waals surface area contributed by atoms with E-state index < -0.39 is 27.8 Å². The van der Waals surface area contributed by atoms with E-state index in [1.165, 1.54) is 16.4 Å². The SMILES string of the molecule is Cc1cc(C)c2cccc(OCc3c(Cl)ccc(S(=O)(=O)N4CCC[C@H]4C(=O)NCCCCCNC(=O)OC(C)(C)C)c3Cl)c2n1. The summed E-state index contributed by atoms with van der Waals surface area (Å²) in [4.78, 5) is 29.3. The molecule has 46 heavy (non-hydrogen) atoms. The number of alkyl carbamates (subject to hydrolysis) is 1. The molecule has 1 saturated heterocycles. The second-order valence-corrected chi connectivity index (χ2v) is 15.1. The normalized spacial score (nSPS) is 15.6. The molecule has 0 aliphatic carbocycles. The van der Waals surface area contributed by atoms with E-state index in [1.54, 1.807) is 26.8 Å². The van der Waals surface area contributed by atoms with Crippen LogP contribution in [0.15, 0.2) is 41.3 Å². The molecule has 1 fully saturated rings. The highest BCUT2D eigenvalue weighted by atomic mass is 35.5. The molecule has 4 rings (SSSR count). The van der Waals surface area contributed by atoms with Gasteiger partial charge in [0, 0.05) is 41.3 Å². The van der Waals surface area contributed by atoms with Gasteiger partial charge in [-0.3, -0.25) is 4.79 Å². The molecule has 250 valence electrons. The van der Waals surface area contributed by atoms with Crippen molar-refractivity contribution in [2.45, 2.75) is 89.9 Å². The van der Waals surface area contributed by atoms with Gasteiger partial charge in [0.1, 0.15) is 34.4 Å². The molecule has 3 aromatic rings. The Morgan fingerprint density at radius 1 is 1.04 bits per heavy atom. The zero-order valence-corrected chi connectivity index (χ0v) is 29.2. The van der Waals surface area contributed by atoms with Crippen molar-refractivity contribution in [1.82, 2.24) is 19.9 Å². The predicted molar refractivity (Wildman–Crippen MR) is 180 cm³/mol. The van der Waals surface area contributed by atoms with Crippen molar-refractivity contribution < 1.29 is 27.5 Å². The minimum absolute atomic E-state index is 0.0425. The molecular weight excluding hydrogens is 651 g/mol. The van der Waals surface area contributed by atoms with Crippen LogP contribution >= 0.6 is 23.2 Å². The lowest BCUT2D eigenvalue weighted by Crippen LogP contribution is -2.46. The van der Waals surface area contributed by atoms with Gasteiger partial charge in [-0.05, 0) is 96.6 Å². The van der Waals surface area contributed by atoms with Gasteiger partial charge in [-0.25, -0.2) is 18.2 Å². The molecule has 0 unspecified atom stereocenters. The Balaban J connectivity index is 1.37. The Labute approximate surface area is 281 Å². The molecule has 0 bridgehead atoms. The number of carbonyl (C=O) groups excluding carboxylic acids is 2. The number of aryl methyl sites for hydroxylation is 2. The van der Waals surface area contributed by atoms with Crippen LogP contribution in [-0.2, 0) is 26.2 Å². The van der Waals surface area contributed by atoms with Gasteiger partial charge in [-0.2, -0.15) is 4.31 Å². The van der Waals surface area contributed by atoms with Crippen LogP contribution in [0.1, 0.15) is 69.7 Å². The molecule has 0 radical (unpaired) electrons. The summed E-state index contributed by atoms with van der Waals surface area (Å²) in [5, 5.41) is 6.75. The number of carbonyl (C=O) groups is 2. The standard InChI is InChI=1S/C33H42Cl2N4O6S/c1-21-19-22(2)38-30-23(21)11-9-13-27(30)44-20-24-25(34)14-15-28(29(24)35)46(42,43)39-18-10-12-26(39)31(40)36-16-7-6-8-17-37-32(41)45-33(3,4)5/h9,11,13-15,19,26H,6-8,10,12,16-18,20H2,1-5H3,(H,36,40)(H,37,41)/t26-/m0/s1. The number of halogens is 2. The van der Waals surface area contributed by atoms with Gasteiger partial charge in [0.25, 0.3) is 0 Å². The van der Waals surface area contributed by atoms with E-state index in [-0.39, 0.29) is 34.0 Å². The number of nitrogens with zero attached hydrogens (tertiary/aromatic N) is 2. The van der Waals surface area contributed by atoms with Crippen molar-refractivity contribution in [3.05, 3.63) is 63.3 Å². The van der Waals surface area contributed by atoms with E-state index in [1.807, 2.05) is 32.0 Å². The monoisotopic (exact) mass is 692 g/mol. The lowest BCUT2D eigenvalue weighted by molar-refractivity contribution is -0.124. The number of fused-ring (bicyclic) bond motifs is 1. The molecule has 1 aromatic heterocycles. The number of pyridine rings is 1. The van der Waals surface area contributed by atoms with Gasteiger partial charge >= 0.3 is 6.09 Å². The maximum Gasteiger partial charge on any atom is 0.407 e. The molecule has 0 spiro atoms. The third-order valence-electron chi connectivity index (χ3n) is 7.57. The third-order valence-corrected chi connectivity index (χ3v) is 10.4. The first-order chi connectivity index (χ1) is 21.7. The van der Waals surface area contributed by atoms with Crippen molar-refractivity contribution in [1.29, 1.82) is 0 Å². The number of para-hydroxylation sites is 1. The van der Waals surface area contributed by atoms with Crippen LogP contribution in [0, 0.1) is 13.8 Å². The topological polar surface area (TPSA) is 127 Å². The smallest absolute Gasteiger partial charge is 0.407 e. The molecule has 1 aliphatic rings. The van der Waals surface area contributed by atoms with Crippen LogP contribution in [0.5, 0.6) is 5.75 Å². The Kier molecular flexibility index (Phi) is 11.8. The molecule has 2 aromatic carbocycles. The van der Waals surface area contributed by atoms with Crippen LogP contribution in [0.25, 0.3) is 10.9 Å². The Morgan fingerprint density at radius 2 is 1.76 bits per heavy atom. The van der Waals surface area contributed by atoms with E-state index in [4.69, 9.17) is 32.7 Å². The average molecular weight is 694 g/mol. The van der Waals surface area contributed by atoms with Crippen LogP contribution in [0.3, 0.4) is 0 Å². The molecule has 2 amide bonds. The van der Waals surface area contributed by atoms with Gasteiger partial charge in [0.2, 0.25) is 15.9 Å². The zero-order chi connectivity index (χ0) is 33.6. The number of benzene rings is 2. The quantitative estimate of drug-likeness (QED) is 0.202. The number of sulfonamides is 1. The van der Waals surface area contributed by atoms with E-state index in [2.05, 4.69) is 15.6 Å². The Hall–Kier alpha value is -3.12. The van der Waals surface area contributed by atoms with Crippen molar-refractivity contribution >= 4 is 56.1 Å². The summed E-state index contributed by atoms with van der Waals surface area (Å²) in [5.74, 6) is 0.177. The summed E-state index contributed by atoms with van der Waals surface area (Å²) in [6.45, 7) is 10.3. The van der Waals surface area contributed by atoms with E-state index in [0.29, 0.717) is 49.2 Å². The Bertz CT molecular complexity index is 1690. The lowest BCUT2D eigenvalue weighted by Gasteiger charge is -2.24. The molecular formula is C33H42Cl2N4O6S. The number of hydrogen-bond acceptors (Lipinski definition) is 7. The second kappa shape index (κ2) is 15.2. The number of rotatable bonds is 12. The van der Waals surface area contributed by atoms with Gasteiger partial charge in [0.15, 0.2) is 0 Å². The molecule has 10 nitrogen and oxygen atoms in total. The van der Waals surface area contributed by atoms with Crippen molar-refractivity contribution in [2.75, 3.05) is 19.6 Å². The van der Waals surface area contributed by atoms with Crippen molar-refractivity contribution in [3.8, 4) is 5.75 Å². The summed E-state index contributed by atoms with van der Waals surface area (Å²) in [6, 6.07) is 9.63. The number of hydrogen-bond donors (Lipinski definition) is 2. The first kappa shape index (κ1) is 35.7. The number of nitrogens with one attached hydrogen (secondary N) is 2. The molecule has 13 heteroatoms. The summed E-state index contributed by atoms with van der Waals surface area (Å²) < 4.78 is 40.3. The fourth-order valence-corrected chi connectivity index (χ4v) is 7.93. The highest BCUT2D eigenvalue weighted by Crippen LogP contribution is 2.36. The van der Waals surface area contributed by atoms with E-state index >= 15 is 0 Å². The molecule has 0 saturated carbocycles. The van der Waals surface area contributed by atoms with Gasteiger partial charge in [-0.15, -0.1) is 0 Å². The van der Waals surface area contributed by atoms with Crippen LogP contribution < -0.4 is 15.4 Å². The second-order valence-electron chi connectivity index (χ2n) is 12.4. The van der Waals surface area contributed by atoms with Gasteiger partial charge in [-0.1, -0.05) is 35.3 Å². The van der Waals surface area contributed by atoms with Crippen molar-refractivity contribution in [2.24, 2.45) is 0 Å². The fraction of sp³-hybridized carbons (Fsp3) is 0.485. The highest BCUT2D eigenvalue weighted by Gasteiger charge is 2.40.